The van der Waals surface area contributed by atoms with Crippen molar-refractivity contribution in [1.29, 1.82) is 0 Å². The predicted molar refractivity (Wildman–Crippen MR) is 68.7 cm³/mol. The van der Waals surface area contributed by atoms with Crippen molar-refractivity contribution in [3.8, 4) is 0 Å². The molecule has 4 nitrogen and oxygen atoms in total. The average Bonchev–Trinajstić information content (AvgIpc) is 2.55. The van der Waals surface area contributed by atoms with Gasteiger partial charge in [-0.15, -0.1) is 0 Å². The molecule has 1 aliphatic heterocycles. The van der Waals surface area contributed by atoms with E-state index in [1.165, 1.54) is 0 Å². The number of anilines is 2. The minimum absolute atomic E-state index is 0.724. The highest BCUT2D eigenvalue weighted by Gasteiger charge is 2.16. The largest absolute Gasteiger partial charge is 0.397 e. The Morgan fingerprint density at radius 2 is 2.25 bits per heavy atom. The maximum absolute atomic E-state index is 5.81. The number of pyridine rings is 1. The highest BCUT2D eigenvalue weighted by Crippen LogP contribution is 2.30. The van der Waals surface area contributed by atoms with E-state index in [1.807, 2.05) is 6.92 Å². The minimum Gasteiger partial charge on any atom is -0.397 e. The van der Waals surface area contributed by atoms with E-state index < -0.39 is 0 Å². The molecule has 0 aromatic carbocycles. The number of aromatic nitrogens is 1. The third-order valence-electron chi connectivity index (χ3n) is 2.81. The molecule has 16 heavy (non-hydrogen) atoms. The number of hydrogen-bond donors (Lipinski definition) is 1. The molecule has 2 rings (SSSR count). The van der Waals surface area contributed by atoms with E-state index in [0.717, 1.165) is 54.3 Å². The van der Waals surface area contributed by atoms with Crippen LogP contribution in [-0.2, 0) is 4.74 Å². The predicted octanol–water partition coefficient (Wildman–Crippen LogP) is 1.96. The fourth-order valence-corrected chi connectivity index (χ4v) is 2.34. The fourth-order valence-electron chi connectivity index (χ4n) is 1.76. The molecule has 0 aliphatic carbocycles. The summed E-state index contributed by atoms with van der Waals surface area (Å²) in [5.74, 6) is 0.970. The summed E-state index contributed by atoms with van der Waals surface area (Å²) < 4.78 is 6.43. The van der Waals surface area contributed by atoms with Gasteiger partial charge in [-0.1, -0.05) is 0 Å². The molecule has 0 spiro atoms. The summed E-state index contributed by atoms with van der Waals surface area (Å²) in [6.07, 6.45) is 2.76. The Kier molecular flexibility index (Phi) is 3.66. The summed E-state index contributed by atoms with van der Waals surface area (Å²) in [5, 5.41) is 0. The van der Waals surface area contributed by atoms with Gasteiger partial charge in [0.15, 0.2) is 0 Å². The number of halogens is 1. The maximum Gasteiger partial charge on any atom is 0.143 e. The number of nitrogens with zero attached hydrogens (tertiary/aromatic N) is 2. The van der Waals surface area contributed by atoms with Gasteiger partial charge < -0.3 is 15.4 Å². The van der Waals surface area contributed by atoms with E-state index >= 15 is 0 Å². The Morgan fingerprint density at radius 3 is 3.06 bits per heavy atom. The summed E-state index contributed by atoms with van der Waals surface area (Å²) in [5.41, 5.74) is 7.59. The van der Waals surface area contributed by atoms with E-state index in [4.69, 9.17) is 10.5 Å². The quantitative estimate of drug-likeness (QED) is 0.857. The van der Waals surface area contributed by atoms with Crippen LogP contribution in [0.15, 0.2) is 10.7 Å². The highest BCUT2D eigenvalue weighted by molar-refractivity contribution is 9.10. The van der Waals surface area contributed by atoms with Crippen LogP contribution in [0.4, 0.5) is 11.5 Å². The standard InChI is InChI=1S/C11H16BrN3O/c1-8-9(13)7-14-11(10(8)12)15-3-2-5-16-6-4-15/h7H,2-6,13H2,1H3. The Balaban J connectivity index is 2.28. The maximum atomic E-state index is 5.81. The molecule has 2 N–H and O–H groups in total. The van der Waals surface area contributed by atoms with Gasteiger partial charge in [0, 0.05) is 19.7 Å². The molecule has 88 valence electrons. The number of nitrogens with two attached hydrogens (primary N) is 1. The van der Waals surface area contributed by atoms with Crippen LogP contribution in [0, 0.1) is 6.92 Å². The van der Waals surface area contributed by atoms with Crippen LogP contribution in [-0.4, -0.2) is 31.3 Å². The third-order valence-corrected chi connectivity index (χ3v) is 3.76. The van der Waals surface area contributed by atoms with Crippen molar-refractivity contribution in [3.05, 3.63) is 16.2 Å². The molecule has 1 fully saturated rings. The smallest absolute Gasteiger partial charge is 0.143 e. The lowest BCUT2D eigenvalue weighted by Crippen LogP contribution is -2.27. The summed E-state index contributed by atoms with van der Waals surface area (Å²) in [6.45, 7) is 5.46. The van der Waals surface area contributed by atoms with Crippen molar-refractivity contribution in [2.45, 2.75) is 13.3 Å². The van der Waals surface area contributed by atoms with Gasteiger partial charge in [0.05, 0.1) is 23.0 Å². The first kappa shape index (κ1) is 11.7. The van der Waals surface area contributed by atoms with Crippen LogP contribution in [0.25, 0.3) is 0 Å². The molecule has 0 bridgehead atoms. The molecule has 5 heteroatoms. The van der Waals surface area contributed by atoms with Crippen LogP contribution in [0.2, 0.25) is 0 Å². The Labute approximate surface area is 104 Å². The van der Waals surface area contributed by atoms with Crippen molar-refractivity contribution in [3.63, 3.8) is 0 Å². The summed E-state index contributed by atoms with van der Waals surface area (Å²) >= 11 is 3.57. The van der Waals surface area contributed by atoms with E-state index in [9.17, 15) is 0 Å². The van der Waals surface area contributed by atoms with Gasteiger partial charge in [-0.25, -0.2) is 4.98 Å². The third kappa shape index (κ3) is 2.30. The lowest BCUT2D eigenvalue weighted by Gasteiger charge is -2.23. The van der Waals surface area contributed by atoms with Gasteiger partial charge in [0.25, 0.3) is 0 Å². The number of hydrogen-bond acceptors (Lipinski definition) is 4. The average molecular weight is 286 g/mol. The van der Waals surface area contributed by atoms with Gasteiger partial charge in [0.2, 0.25) is 0 Å². The zero-order valence-electron chi connectivity index (χ0n) is 9.37. The van der Waals surface area contributed by atoms with Gasteiger partial charge in [-0.05, 0) is 34.8 Å². The molecule has 1 saturated heterocycles. The Morgan fingerprint density at radius 1 is 1.44 bits per heavy atom. The van der Waals surface area contributed by atoms with E-state index in [0.29, 0.717) is 0 Å². The van der Waals surface area contributed by atoms with Gasteiger partial charge in [-0.3, -0.25) is 0 Å². The van der Waals surface area contributed by atoms with Crippen LogP contribution in [0.3, 0.4) is 0 Å². The molecular formula is C11H16BrN3O. The minimum atomic E-state index is 0.724. The lowest BCUT2D eigenvalue weighted by molar-refractivity contribution is 0.152. The molecule has 0 saturated carbocycles. The first-order valence-electron chi connectivity index (χ1n) is 5.43. The second kappa shape index (κ2) is 5.01. The van der Waals surface area contributed by atoms with Crippen molar-refractivity contribution < 1.29 is 4.74 Å². The van der Waals surface area contributed by atoms with Crippen LogP contribution in [0.1, 0.15) is 12.0 Å². The van der Waals surface area contributed by atoms with Gasteiger partial charge in [-0.2, -0.15) is 0 Å². The monoisotopic (exact) mass is 285 g/mol. The van der Waals surface area contributed by atoms with E-state index in [2.05, 4.69) is 25.8 Å². The summed E-state index contributed by atoms with van der Waals surface area (Å²) in [6, 6.07) is 0. The number of nitrogen functional groups attached to an aromatic ring is 1. The second-order valence-electron chi connectivity index (χ2n) is 3.93. The van der Waals surface area contributed by atoms with Crippen LogP contribution < -0.4 is 10.6 Å². The molecular weight excluding hydrogens is 270 g/mol. The zero-order chi connectivity index (χ0) is 11.5. The van der Waals surface area contributed by atoms with Crippen molar-refractivity contribution in [1.82, 2.24) is 4.98 Å². The molecule has 0 atom stereocenters. The van der Waals surface area contributed by atoms with Gasteiger partial charge in [0.1, 0.15) is 5.82 Å². The SMILES string of the molecule is Cc1c(N)cnc(N2CCCOCC2)c1Br. The molecule has 0 unspecified atom stereocenters. The first-order valence-corrected chi connectivity index (χ1v) is 6.22. The molecule has 0 radical (unpaired) electrons. The topological polar surface area (TPSA) is 51.4 Å². The highest BCUT2D eigenvalue weighted by atomic mass is 79.9. The molecule has 1 aromatic heterocycles. The van der Waals surface area contributed by atoms with E-state index in [1.54, 1.807) is 6.20 Å². The zero-order valence-corrected chi connectivity index (χ0v) is 11.0. The lowest BCUT2D eigenvalue weighted by atomic mass is 10.2. The molecule has 1 aliphatic rings. The summed E-state index contributed by atoms with van der Waals surface area (Å²) in [7, 11) is 0. The Bertz CT molecular complexity index is 376. The van der Waals surface area contributed by atoms with Crippen molar-refractivity contribution >= 4 is 27.4 Å². The molecule has 0 amide bonds. The number of ether oxygens (including phenoxy) is 1. The molecule has 1 aromatic rings. The van der Waals surface area contributed by atoms with Crippen molar-refractivity contribution in [2.75, 3.05) is 36.9 Å². The van der Waals surface area contributed by atoms with Crippen LogP contribution in [0.5, 0.6) is 0 Å². The first-order chi connectivity index (χ1) is 7.70. The van der Waals surface area contributed by atoms with E-state index in [-0.39, 0.29) is 0 Å². The molecule has 2 heterocycles. The van der Waals surface area contributed by atoms with Gasteiger partial charge >= 0.3 is 0 Å². The second-order valence-corrected chi connectivity index (χ2v) is 4.72. The van der Waals surface area contributed by atoms with Crippen molar-refractivity contribution in [2.24, 2.45) is 0 Å². The number of rotatable bonds is 1. The fraction of sp³-hybridized carbons (Fsp3) is 0.545. The van der Waals surface area contributed by atoms with Crippen LogP contribution >= 0.6 is 15.9 Å². The summed E-state index contributed by atoms with van der Waals surface area (Å²) in [4.78, 5) is 6.64. The Hall–Kier alpha value is -0.810. The normalized spacial score (nSPS) is 17.2.